The van der Waals surface area contributed by atoms with Crippen molar-refractivity contribution in [1.29, 1.82) is 0 Å². The van der Waals surface area contributed by atoms with Crippen LogP contribution in [0.25, 0.3) is 0 Å². The first-order chi connectivity index (χ1) is 27.0. The zero-order valence-electron chi connectivity index (χ0n) is 38.2. The van der Waals surface area contributed by atoms with Crippen LogP contribution >= 0.6 is 0 Å². The molecular weight excluding hydrogens is 785 g/mol. The van der Waals surface area contributed by atoms with Crippen molar-refractivity contribution in [3.63, 3.8) is 0 Å². The van der Waals surface area contributed by atoms with Gasteiger partial charge in [-0.2, -0.15) is 0 Å². The Kier molecular flexibility index (Phi) is 52.5. The minimum atomic E-state index is -4.57. The monoisotopic (exact) mass is 879 g/mol. The summed E-state index contributed by atoms with van der Waals surface area (Å²) < 4.78 is 73.8. The molecule has 0 aromatic rings. The fourth-order valence-electron chi connectivity index (χ4n) is 7.60. The van der Waals surface area contributed by atoms with Gasteiger partial charge in [0.25, 0.3) is 0 Å². The van der Waals surface area contributed by atoms with Gasteiger partial charge in [0.1, 0.15) is 0 Å². The second kappa shape index (κ2) is 48.0. The van der Waals surface area contributed by atoms with Crippen molar-refractivity contribution in [3.8, 4) is 0 Å². The summed E-state index contributed by atoms with van der Waals surface area (Å²) in [5.74, 6) is 0.404. The molecule has 0 rings (SSSR count). The number of rotatable bonds is 44. The normalized spacial score (nSPS) is 12.9. The van der Waals surface area contributed by atoms with E-state index in [1.165, 1.54) is 193 Å². The summed E-state index contributed by atoms with van der Waals surface area (Å²) in [7, 11) is -9.14. The standard InChI is InChI=1S/2C23H48O4S.Ca/c2*1-3-5-7-9-11-13-15-17-19-21-23(22-27-28(24,25)26)20-18-16-14-12-10-8-6-4-2;/h2*23H,3-22H2,1-2H3,(H,24,25,26);/q;;+2/p-2. The summed E-state index contributed by atoms with van der Waals surface area (Å²) in [6.45, 7) is 9.09. The van der Waals surface area contributed by atoms with Crippen molar-refractivity contribution in [2.45, 2.75) is 272 Å². The van der Waals surface area contributed by atoms with E-state index in [1.807, 2.05) is 0 Å². The molecular formula is C46H94CaO8S2. The van der Waals surface area contributed by atoms with Gasteiger partial charge < -0.3 is 9.11 Å². The zero-order valence-corrected chi connectivity index (χ0v) is 42.1. The van der Waals surface area contributed by atoms with Crippen LogP contribution in [0.3, 0.4) is 0 Å². The topological polar surface area (TPSA) is 133 Å². The number of unbranched alkanes of at least 4 members (excludes halogenated alkanes) is 30. The maximum Gasteiger partial charge on any atom is 2.00 e. The van der Waals surface area contributed by atoms with Crippen LogP contribution < -0.4 is 0 Å². The molecule has 2 atom stereocenters. The molecule has 0 saturated heterocycles. The smallest absolute Gasteiger partial charge is 0.726 e. The zero-order chi connectivity index (χ0) is 41.9. The van der Waals surface area contributed by atoms with Crippen molar-refractivity contribution >= 4 is 58.5 Å². The third-order valence-electron chi connectivity index (χ3n) is 11.3. The van der Waals surface area contributed by atoms with E-state index in [0.29, 0.717) is 0 Å². The molecule has 11 heteroatoms. The van der Waals surface area contributed by atoms with Crippen LogP contribution in [0, 0.1) is 11.8 Å². The van der Waals surface area contributed by atoms with Gasteiger partial charge in [0, 0.05) is 0 Å². The van der Waals surface area contributed by atoms with Crippen LogP contribution in [0.2, 0.25) is 0 Å². The summed E-state index contributed by atoms with van der Waals surface area (Å²) in [6.07, 6.45) is 47.3. The van der Waals surface area contributed by atoms with Crippen molar-refractivity contribution in [2.24, 2.45) is 11.8 Å². The van der Waals surface area contributed by atoms with Gasteiger partial charge in [0.15, 0.2) is 0 Å². The molecule has 0 spiro atoms. The molecule has 0 aliphatic rings. The molecule has 0 amide bonds. The van der Waals surface area contributed by atoms with Gasteiger partial charge in [-0.3, -0.25) is 8.37 Å². The molecule has 0 bridgehead atoms. The van der Waals surface area contributed by atoms with Crippen LogP contribution in [0.4, 0.5) is 0 Å². The van der Waals surface area contributed by atoms with E-state index in [2.05, 4.69) is 36.1 Å². The summed E-state index contributed by atoms with van der Waals surface area (Å²) in [5, 5.41) is 0. The van der Waals surface area contributed by atoms with Crippen molar-refractivity contribution in [3.05, 3.63) is 0 Å². The largest absolute Gasteiger partial charge is 2.00 e. The summed E-state index contributed by atoms with van der Waals surface area (Å²) in [4.78, 5) is 0. The number of hydrogen-bond acceptors (Lipinski definition) is 8. The second-order valence-corrected chi connectivity index (χ2v) is 19.0. The third kappa shape index (κ3) is 57.0. The van der Waals surface area contributed by atoms with Gasteiger partial charge >= 0.3 is 37.7 Å². The quantitative estimate of drug-likeness (QED) is 0.0256. The first kappa shape index (κ1) is 62.3. The molecule has 0 aromatic carbocycles. The molecule has 340 valence electrons. The van der Waals surface area contributed by atoms with Gasteiger partial charge in [-0.15, -0.1) is 0 Å². The molecule has 0 aromatic heterocycles. The van der Waals surface area contributed by atoms with Gasteiger partial charge in [0.05, 0.1) is 13.2 Å². The molecule has 8 nitrogen and oxygen atoms in total. The molecule has 0 fully saturated rings. The Labute approximate surface area is 386 Å². The van der Waals surface area contributed by atoms with E-state index in [9.17, 15) is 25.9 Å². The van der Waals surface area contributed by atoms with E-state index in [4.69, 9.17) is 0 Å². The molecule has 0 saturated carbocycles. The SMILES string of the molecule is CCCCCCCCCCCC(CCCCCCCCCC)COS(=O)(=O)[O-].CCCCCCCCCCCC(CCCCCCCCCC)COS(=O)(=O)[O-].[Ca+2]. The Morgan fingerprint density at radius 2 is 0.474 bits per heavy atom. The fraction of sp³-hybridized carbons (Fsp3) is 1.00. The Morgan fingerprint density at radius 1 is 0.316 bits per heavy atom. The number of hydrogen-bond donors (Lipinski definition) is 0. The fourth-order valence-corrected chi connectivity index (χ4v) is 8.32. The Morgan fingerprint density at radius 3 is 0.632 bits per heavy atom. The van der Waals surface area contributed by atoms with Crippen LogP contribution in [-0.4, -0.2) is 76.9 Å². The Hall–Kier alpha value is 1.000. The molecule has 0 radical (unpaired) electrons. The molecule has 0 heterocycles. The summed E-state index contributed by atoms with van der Waals surface area (Å²) in [6, 6.07) is 0. The first-order valence-electron chi connectivity index (χ1n) is 24.2. The minimum Gasteiger partial charge on any atom is -0.726 e. The Bertz CT molecular complexity index is 903. The van der Waals surface area contributed by atoms with Gasteiger partial charge in [-0.1, -0.05) is 246 Å². The van der Waals surface area contributed by atoms with Gasteiger partial charge in [0.2, 0.25) is 20.8 Å². The molecule has 0 aliphatic heterocycles. The van der Waals surface area contributed by atoms with E-state index in [1.54, 1.807) is 0 Å². The van der Waals surface area contributed by atoms with Gasteiger partial charge in [-0.25, -0.2) is 16.8 Å². The maximum atomic E-state index is 10.8. The Balaban J connectivity index is -0.00000101. The van der Waals surface area contributed by atoms with E-state index in [-0.39, 0.29) is 62.8 Å². The summed E-state index contributed by atoms with van der Waals surface area (Å²) in [5.41, 5.74) is 0. The molecule has 57 heavy (non-hydrogen) atoms. The van der Waals surface area contributed by atoms with Crippen LogP contribution in [-0.2, 0) is 29.2 Å². The van der Waals surface area contributed by atoms with E-state index < -0.39 is 20.8 Å². The maximum absolute atomic E-state index is 10.8. The van der Waals surface area contributed by atoms with Crippen molar-refractivity contribution < 1.29 is 34.3 Å². The van der Waals surface area contributed by atoms with Crippen LogP contribution in [0.5, 0.6) is 0 Å². The van der Waals surface area contributed by atoms with Crippen molar-refractivity contribution in [2.75, 3.05) is 13.2 Å². The van der Waals surface area contributed by atoms with Crippen LogP contribution in [0.15, 0.2) is 0 Å². The van der Waals surface area contributed by atoms with E-state index >= 15 is 0 Å². The first-order valence-corrected chi connectivity index (χ1v) is 26.9. The van der Waals surface area contributed by atoms with Crippen molar-refractivity contribution in [1.82, 2.24) is 0 Å². The van der Waals surface area contributed by atoms with E-state index in [0.717, 1.165) is 51.4 Å². The molecule has 0 aliphatic carbocycles. The predicted molar refractivity (Wildman–Crippen MR) is 242 cm³/mol. The third-order valence-corrected chi connectivity index (χ3v) is 12.1. The van der Waals surface area contributed by atoms with Gasteiger partial charge in [-0.05, 0) is 37.5 Å². The molecule has 0 N–H and O–H groups in total. The van der Waals surface area contributed by atoms with Crippen LogP contribution in [0.1, 0.15) is 272 Å². The predicted octanol–water partition coefficient (Wildman–Crippen LogP) is 14.7. The molecule has 2 unspecified atom stereocenters. The minimum absolute atomic E-state index is 0. The average molecular weight is 879 g/mol. The summed E-state index contributed by atoms with van der Waals surface area (Å²) >= 11 is 0. The average Bonchev–Trinajstić information content (AvgIpc) is 3.15. The second-order valence-electron chi connectivity index (χ2n) is 16.9.